The molecule has 2 aromatic carbocycles. The van der Waals surface area contributed by atoms with Crippen molar-refractivity contribution in [3.63, 3.8) is 0 Å². The first kappa shape index (κ1) is 13.9. The number of carbonyl (C=O) groups is 1. The second-order valence-electron chi connectivity index (χ2n) is 5.05. The second-order valence-corrected chi connectivity index (χ2v) is 5.05. The number of aromatic nitrogens is 1. The zero-order valence-corrected chi connectivity index (χ0v) is 12.0. The molecule has 4 nitrogen and oxygen atoms in total. The summed E-state index contributed by atoms with van der Waals surface area (Å²) >= 11 is 0. The van der Waals surface area contributed by atoms with E-state index in [9.17, 15) is 4.79 Å². The Labute approximate surface area is 128 Å². The average molecular weight is 289 g/mol. The molecule has 1 amide bonds. The van der Waals surface area contributed by atoms with Gasteiger partial charge in [0.05, 0.1) is 11.6 Å². The Kier molecular flexibility index (Phi) is 3.88. The van der Waals surface area contributed by atoms with Crippen LogP contribution in [0.4, 0.5) is 0 Å². The first-order valence-corrected chi connectivity index (χ1v) is 7.11. The molecule has 3 rings (SSSR count). The van der Waals surface area contributed by atoms with E-state index in [4.69, 9.17) is 5.26 Å². The third-order valence-corrected chi connectivity index (χ3v) is 3.63. The zero-order chi connectivity index (χ0) is 15.4. The van der Waals surface area contributed by atoms with E-state index in [0.717, 1.165) is 11.9 Å². The monoisotopic (exact) mass is 289 g/mol. The van der Waals surface area contributed by atoms with Gasteiger partial charge in [0.15, 0.2) is 0 Å². The minimum absolute atomic E-state index is 0.121. The molecule has 0 aliphatic heterocycles. The molecule has 0 saturated carbocycles. The topological polar surface area (TPSA) is 68.7 Å². The molecule has 0 saturated heterocycles. The number of nitrogens with zero attached hydrogens (tertiary/aromatic N) is 1. The number of hydrogen-bond donors (Lipinski definition) is 2. The smallest absolute Gasteiger partial charge is 0.251 e. The summed E-state index contributed by atoms with van der Waals surface area (Å²) in [5.74, 6) is -0.121. The number of hydrogen-bond acceptors (Lipinski definition) is 2. The zero-order valence-electron chi connectivity index (χ0n) is 12.0. The minimum Gasteiger partial charge on any atom is -0.361 e. The summed E-state index contributed by atoms with van der Waals surface area (Å²) in [5.41, 5.74) is 3.42. The van der Waals surface area contributed by atoms with Crippen LogP contribution in [0.2, 0.25) is 0 Å². The molecule has 1 heterocycles. The van der Waals surface area contributed by atoms with E-state index in [1.54, 1.807) is 24.3 Å². The normalized spacial score (nSPS) is 10.3. The average Bonchev–Trinajstić information content (AvgIpc) is 2.98. The van der Waals surface area contributed by atoms with Crippen molar-refractivity contribution in [1.82, 2.24) is 10.3 Å². The van der Waals surface area contributed by atoms with E-state index < -0.39 is 0 Å². The van der Waals surface area contributed by atoms with Crippen molar-refractivity contribution in [2.45, 2.75) is 6.42 Å². The van der Waals surface area contributed by atoms with Crippen LogP contribution in [-0.2, 0) is 6.42 Å². The summed E-state index contributed by atoms with van der Waals surface area (Å²) < 4.78 is 0. The minimum atomic E-state index is -0.121. The summed E-state index contributed by atoms with van der Waals surface area (Å²) in [6.45, 7) is 0.570. The first-order chi connectivity index (χ1) is 10.8. The highest BCUT2D eigenvalue weighted by molar-refractivity contribution is 5.94. The third kappa shape index (κ3) is 2.84. The molecule has 2 N–H and O–H groups in total. The molecule has 0 aliphatic rings. The predicted octanol–water partition coefficient (Wildman–Crippen LogP) is 3.01. The van der Waals surface area contributed by atoms with Gasteiger partial charge in [-0.05, 0) is 42.3 Å². The van der Waals surface area contributed by atoms with Crippen molar-refractivity contribution in [2.24, 2.45) is 0 Å². The molecule has 0 radical (unpaired) electrons. The van der Waals surface area contributed by atoms with Gasteiger partial charge in [0.25, 0.3) is 5.91 Å². The largest absolute Gasteiger partial charge is 0.361 e. The van der Waals surface area contributed by atoms with E-state index in [2.05, 4.69) is 16.4 Å². The van der Waals surface area contributed by atoms with Crippen LogP contribution in [0.5, 0.6) is 0 Å². The van der Waals surface area contributed by atoms with E-state index in [-0.39, 0.29) is 5.91 Å². The van der Waals surface area contributed by atoms with Gasteiger partial charge in [-0.15, -0.1) is 0 Å². The standard InChI is InChI=1S/C18H15N3O/c19-11-13-5-7-14(8-6-13)18(22)20-10-9-15-12-21-17-4-2-1-3-16(15)17/h1-8,12,21H,9-10H2,(H,20,22). The van der Waals surface area contributed by atoms with E-state index in [1.165, 1.54) is 10.9 Å². The van der Waals surface area contributed by atoms with Crippen LogP contribution in [0.15, 0.2) is 54.7 Å². The first-order valence-electron chi connectivity index (χ1n) is 7.11. The molecule has 0 aliphatic carbocycles. The van der Waals surface area contributed by atoms with Gasteiger partial charge in [0, 0.05) is 29.2 Å². The SMILES string of the molecule is N#Cc1ccc(C(=O)NCCc2c[nH]c3ccccc23)cc1. The molecule has 0 bridgehead atoms. The number of aromatic amines is 1. The number of para-hydroxylation sites is 1. The van der Waals surface area contributed by atoms with Crippen molar-refractivity contribution >= 4 is 16.8 Å². The van der Waals surface area contributed by atoms with Gasteiger partial charge in [0.1, 0.15) is 0 Å². The van der Waals surface area contributed by atoms with Crippen molar-refractivity contribution < 1.29 is 4.79 Å². The molecular formula is C18H15N3O. The number of H-pyrrole nitrogens is 1. The second kappa shape index (κ2) is 6.15. The molecule has 108 valence electrons. The molecule has 4 heteroatoms. The van der Waals surface area contributed by atoms with Crippen LogP contribution in [0.25, 0.3) is 10.9 Å². The number of carbonyl (C=O) groups excluding carboxylic acids is 1. The highest BCUT2D eigenvalue weighted by Gasteiger charge is 2.06. The number of fused-ring (bicyclic) bond motifs is 1. The number of nitriles is 1. The van der Waals surface area contributed by atoms with Crippen molar-refractivity contribution in [3.05, 3.63) is 71.4 Å². The number of benzene rings is 2. The highest BCUT2D eigenvalue weighted by atomic mass is 16.1. The Morgan fingerprint density at radius 1 is 1.14 bits per heavy atom. The fraction of sp³-hybridized carbons (Fsp3) is 0.111. The summed E-state index contributed by atoms with van der Waals surface area (Å²) in [6.07, 6.45) is 2.75. The van der Waals surface area contributed by atoms with Gasteiger partial charge < -0.3 is 10.3 Å². The summed E-state index contributed by atoms with van der Waals surface area (Å²) in [7, 11) is 0. The maximum atomic E-state index is 12.0. The molecule has 0 fully saturated rings. The maximum absolute atomic E-state index is 12.0. The number of rotatable bonds is 4. The van der Waals surface area contributed by atoms with Crippen molar-refractivity contribution in [3.8, 4) is 6.07 Å². The van der Waals surface area contributed by atoms with E-state index in [0.29, 0.717) is 17.7 Å². The van der Waals surface area contributed by atoms with Crippen LogP contribution >= 0.6 is 0 Å². The molecule has 1 aromatic heterocycles. The predicted molar refractivity (Wildman–Crippen MR) is 85.5 cm³/mol. The Bertz CT molecular complexity index is 841. The lowest BCUT2D eigenvalue weighted by molar-refractivity contribution is 0.0954. The molecule has 0 spiro atoms. The van der Waals surface area contributed by atoms with Gasteiger partial charge in [-0.2, -0.15) is 5.26 Å². The Balaban J connectivity index is 1.60. The lowest BCUT2D eigenvalue weighted by Crippen LogP contribution is -2.25. The van der Waals surface area contributed by atoms with Gasteiger partial charge in [-0.1, -0.05) is 18.2 Å². The highest BCUT2D eigenvalue weighted by Crippen LogP contribution is 2.17. The fourth-order valence-corrected chi connectivity index (χ4v) is 2.45. The summed E-state index contributed by atoms with van der Waals surface area (Å²) in [5, 5.41) is 12.8. The van der Waals surface area contributed by atoms with Crippen molar-refractivity contribution in [1.29, 1.82) is 5.26 Å². The maximum Gasteiger partial charge on any atom is 0.251 e. The Hall–Kier alpha value is -3.06. The van der Waals surface area contributed by atoms with Gasteiger partial charge >= 0.3 is 0 Å². The summed E-state index contributed by atoms with van der Waals surface area (Å²) in [6, 6.07) is 16.8. The van der Waals surface area contributed by atoms with Crippen LogP contribution in [-0.4, -0.2) is 17.4 Å². The molecule has 0 atom stereocenters. The molecular weight excluding hydrogens is 274 g/mol. The molecule has 0 unspecified atom stereocenters. The van der Waals surface area contributed by atoms with Crippen LogP contribution in [0, 0.1) is 11.3 Å². The third-order valence-electron chi connectivity index (χ3n) is 3.63. The number of nitrogens with one attached hydrogen (secondary N) is 2. The van der Waals surface area contributed by atoms with Crippen LogP contribution in [0.1, 0.15) is 21.5 Å². The molecule has 3 aromatic rings. The van der Waals surface area contributed by atoms with Crippen molar-refractivity contribution in [2.75, 3.05) is 6.54 Å². The Morgan fingerprint density at radius 3 is 2.68 bits per heavy atom. The van der Waals surface area contributed by atoms with Gasteiger partial charge in [-0.3, -0.25) is 4.79 Å². The van der Waals surface area contributed by atoms with E-state index >= 15 is 0 Å². The Morgan fingerprint density at radius 2 is 1.91 bits per heavy atom. The lowest BCUT2D eigenvalue weighted by Gasteiger charge is -2.05. The van der Waals surface area contributed by atoms with Gasteiger partial charge in [-0.25, -0.2) is 0 Å². The number of amides is 1. The van der Waals surface area contributed by atoms with Crippen LogP contribution < -0.4 is 5.32 Å². The van der Waals surface area contributed by atoms with Crippen LogP contribution in [0.3, 0.4) is 0 Å². The molecule has 22 heavy (non-hydrogen) atoms. The van der Waals surface area contributed by atoms with Gasteiger partial charge in [0.2, 0.25) is 0 Å². The lowest BCUT2D eigenvalue weighted by atomic mass is 10.1. The summed E-state index contributed by atoms with van der Waals surface area (Å²) in [4.78, 5) is 15.3. The van der Waals surface area contributed by atoms with E-state index in [1.807, 2.05) is 30.5 Å². The quantitative estimate of drug-likeness (QED) is 0.775. The fourth-order valence-electron chi connectivity index (χ4n) is 2.45.